The van der Waals surface area contributed by atoms with Crippen LogP contribution in [0.1, 0.15) is 12.8 Å². The van der Waals surface area contributed by atoms with Gasteiger partial charge in [-0.2, -0.15) is 0 Å². The Balaban J connectivity index is 2.37. The summed E-state index contributed by atoms with van der Waals surface area (Å²) in [7, 11) is 0. The van der Waals surface area contributed by atoms with Gasteiger partial charge in [-0.1, -0.05) is 6.07 Å². The largest absolute Gasteiger partial charge is 0.396 e. The van der Waals surface area contributed by atoms with Crippen LogP contribution < -0.4 is 5.32 Å². The molecule has 4 nitrogen and oxygen atoms in total. The summed E-state index contributed by atoms with van der Waals surface area (Å²) in [4.78, 5) is 15.0. The lowest BCUT2D eigenvalue weighted by atomic mass is 10.3. The molecular weight excluding hydrogens is 168 g/mol. The molecule has 0 spiro atoms. The van der Waals surface area contributed by atoms with Crippen molar-refractivity contribution >= 4 is 11.7 Å². The molecule has 0 bridgehead atoms. The molecule has 0 radical (unpaired) electrons. The first-order valence-electron chi connectivity index (χ1n) is 4.14. The number of hydrogen-bond donors (Lipinski definition) is 2. The molecule has 0 aliphatic heterocycles. The van der Waals surface area contributed by atoms with Crippen molar-refractivity contribution in [3.05, 3.63) is 24.4 Å². The molecule has 0 atom stereocenters. The van der Waals surface area contributed by atoms with Crippen LogP contribution in [0.5, 0.6) is 0 Å². The highest BCUT2D eigenvalue weighted by Crippen LogP contribution is 2.01. The van der Waals surface area contributed by atoms with Crippen molar-refractivity contribution in [1.29, 1.82) is 0 Å². The number of carbonyl (C=O) groups excluding carboxylic acids is 1. The van der Waals surface area contributed by atoms with E-state index < -0.39 is 0 Å². The average Bonchev–Trinajstić information content (AvgIpc) is 2.16. The summed E-state index contributed by atoms with van der Waals surface area (Å²) >= 11 is 0. The van der Waals surface area contributed by atoms with E-state index in [4.69, 9.17) is 5.11 Å². The average molecular weight is 180 g/mol. The molecule has 0 unspecified atom stereocenters. The van der Waals surface area contributed by atoms with Gasteiger partial charge in [0, 0.05) is 19.2 Å². The molecule has 13 heavy (non-hydrogen) atoms. The van der Waals surface area contributed by atoms with Crippen LogP contribution in [0.2, 0.25) is 0 Å². The Labute approximate surface area is 76.6 Å². The van der Waals surface area contributed by atoms with Crippen LogP contribution in [0.4, 0.5) is 5.82 Å². The molecule has 4 heteroatoms. The number of amides is 1. The number of nitrogens with one attached hydrogen (secondary N) is 1. The molecule has 1 amide bonds. The van der Waals surface area contributed by atoms with E-state index >= 15 is 0 Å². The minimum Gasteiger partial charge on any atom is -0.396 e. The summed E-state index contributed by atoms with van der Waals surface area (Å²) in [6.07, 6.45) is 2.42. The Morgan fingerprint density at radius 1 is 1.54 bits per heavy atom. The van der Waals surface area contributed by atoms with Gasteiger partial charge in [-0.15, -0.1) is 0 Å². The topological polar surface area (TPSA) is 62.2 Å². The lowest BCUT2D eigenvalue weighted by Crippen LogP contribution is -2.12. The van der Waals surface area contributed by atoms with Gasteiger partial charge < -0.3 is 10.4 Å². The van der Waals surface area contributed by atoms with Gasteiger partial charge in [0.1, 0.15) is 5.82 Å². The molecule has 1 aromatic rings. The Hall–Kier alpha value is -1.42. The van der Waals surface area contributed by atoms with Gasteiger partial charge in [0.05, 0.1) is 0 Å². The summed E-state index contributed by atoms with van der Waals surface area (Å²) in [5, 5.41) is 11.1. The van der Waals surface area contributed by atoms with Crippen LogP contribution >= 0.6 is 0 Å². The van der Waals surface area contributed by atoms with Crippen molar-refractivity contribution in [1.82, 2.24) is 4.98 Å². The molecule has 0 saturated carbocycles. The lowest BCUT2D eigenvalue weighted by Gasteiger charge is -2.01. The second-order valence-electron chi connectivity index (χ2n) is 2.59. The number of hydrogen-bond acceptors (Lipinski definition) is 3. The van der Waals surface area contributed by atoms with Crippen molar-refractivity contribution in [3.8, 4) is 0 Å². The normalized spacial score (nSPS) is 9.62. The molecule has 0 aliphatic carbocycles. The molecule has 70 valence electrons. The molecule has 0 saturated heterocycles. The highest BCUT2D eigenvalue weighted by molar-refractivity contribution is 5.89. The number of carbonyl (C=O) groups is 1. The fourth-order valence-electron chi connectivity index (χ4n) is 0.882. The second-order valence-corrected chi connectivity index (χ2v) is 2.59. The predicted molar refractivity (Wildman–Crippen MR) is 49.2 cm³/mol. The van der Waals surface area contributed by atoms with E-state index in [9.17, 15) is 4.79 Å². The monoisotopic (exact) mass is 180 g/mol. The zero-order chi connectivity index (χ0) is 9.52. The van der Waals surface area contributed by atoms with Crippen LogP contribution in [0.15, 0.2) is 24.4 Å². The van der Waals surface area contributed by atoms with E-state index in [1.165, 1.54) is 0 Å². The number of aliphatic hydroxyl groups excluding tert-OH is 1. The van der Waals surface area contributed by atoms with Gasteiger partial charge >= 0.3 is 0 Å². The van der Waals surface area contributed by atoms with E-state index in [0.717, 1.165) is 0 Å². The van der Waals surface area contributed by atoms with E-state index in [2.05, 4.69) is 10.3 Å². The summed E-state index contributed by atoms with van der Waals surface area (Å²) in [5.41, 5.74) is 0. The highest BCUT2D eigenvalue weighted by atomic mass is 16.3. The van der Waals surface area contributed by atoms with Crippen molar-refractivity contribution in [2.24, 2.45) is 0 Å². The minimum absolute atomic E-state index is 0.0373. The molecule has 1 heterocycles. The van der Waals surface area contributed by atoms with Gasteiger partial charge in [-0.25, -0.2) is 4.98 Å². The summed E-state index contributed by atoms with van der Waals surface area (Å²) < 4.78 is 0. The molecule has 2 N–H and O–H groups in total. The van der Waals surface area contributed by atoms with E-state index in [1.807, 2.05) is 0 Å². The van der Waals surface area contributed by atoms with Crippen LogP contribution in [-0.2, 0) is 4.79 Å². The van der Waals surface area contributed by atoms with Crippen LogP contribution in [0, 0.1) is 0 Å². The van der Waals surface area contributed by atoms with Crippen molar-refractivity contribution in [2.75, 3.05) is 11.9 Å². The van der Waals surface area contributed by atoms with Gasteiger partial charge in [-0.3, -0.25) is 4.79 Å². The number of nitrogens with zero attached hydrogens (tertiary/aromatic N) is 1. The Morgan fingerprint density at radius 2 is 2.38 bits per heavy atom. The highest BCUT2D eigenvalue weighted by Gasteiger charge is 2.00. The number of pyridine rings is 1. The Bertz CT molecular complexity index is 262. The second kappa shape index (κ2) is 5.27. The van der Waals surface area contributed by atoms with Gasteiger partial charge in [0.2, 0.25) is 5.91 Å². The number of rotatable bonds is 4. The first-order valence-corrected chi connectivity index (χ1v) is 4.14. The summed E-state index contributed by atoms with van der Waals surface area (Å²) in [6, 6.07) is 5.30. The summed E-state index contributed by atoms with van der Waals surface area (Å²) in [6.45, 7) is 0.0373. The Morgan fingerprint density at radius 3 is 3.00 bits per heavy atom. The quantitative estimate of drug-likeness (QED) is 0.720. The maximum Gasteiger partial charge on any atom is 0.225 e. The fourth-order valence-corrected chi connectivity index (χ4v) is 0.882. The van der Waals surface area contributed by atoms with Crippen molar-refractivity contribution < 1.29 is 9.90 Å². The van der Waals surface area contributed by atoms with E-state index in [1.54, 1.807) is 24.4 Å². The van der Waals surface area contributed by atoms with Crippen LogP contribution in [0.3, 0.4) is 0 Å². The number of aliphatic hydroxyl groups is 1. The molecule has 1 rings (SSSR count). The first-order chi connectivity index (χ1) is 6.33. The molecule has 1 aromatic heterocycles. The van der Waals surface area contributed by atoms with Crippen molar-refractivity contribution in [2.45, 2.75) is 12.8 Å². The Kier molecular flexibility index (Phi) is 3.92. The predicted octanol–water partition coefficient (Wildman–Crippen LogP) is 0.793. The zero-order valence-electron chi connectivity index (χ0n) is 7.23. The van der Waals surface area contributed by atoms with Crippen LogP contribution in [0.25, 0.3) is 0 Å². The third kappa shape index (κ3) is 3.66. The lowest BCUT2D eigenvalue weighted by molar-refractivity contribution is -0.116. The SMILES string of the molecule is O=C(CCCO)Nc1ccccn1. The van der Waals surface area contributed by atoms with Gasteiger partial charge in [0.25, 0.3) is 0 Å². The maximum atomic E-state index is 11.1. The number of anilines is 1. The molecular formula is C9H12N2O2. The molecule has 0 fully saturated rings. The zero-order valence-corrected chi connectivity index (χ0v) is 7.23. The summed E-state index contributed by atoms with van der Waals surface area (Å²) in [5.74, 6) is 0.429. The van der Waals surface area contributed by atoms with Crippen molar-refractivity contribution in [3.63, 3.8) is 0 Å². The van der Waals surface area contributed by atoms with Crippen LogP contribution in [-0.4, -0.2) is 22.6 Å². The molecule has 0 aliphatic rings. The smallest absolute Gasteiger partial charge is 0.225 e. The first kappa shape index (κ1) is 9.67. The third-order valence-electron chi connectivity index (χ3n) is 1.49. The fraction of sp³-hybridized carbons (Fsp3) is 0.333. The maximum absolute atomic E-state index is 11.1. The van der Waals surface area contributed by atoms with Gasteiger partial charge in [0.15, 0.2) is 0 Å². The molecule has 0 aromatic carbocycles. The number of aromatic nitrogens is 1. The standard InChI is InChI=1S/C9H12N2O2/c12-7-3-5-9(13)11-8-4-1-2-6-10-8/h1-2,4,6,12H,3,5,7H2,(H,10,11,13). The minimum atomic E-state index is -0.118. The van der Waals surface area contributed by atoms with E-state index in [0.29, 0.717) is 18.7 Å². The van der Waals surface area contributed by atoms with E-state index in [-0.39, 0.29) is 12.5 Å². The van der Waals surface area contributed by atoms with Gasteiger partial charge in [-0.05, 0) is 18.6 Å². The third-order valence-corrected chi connectivity index (χ3v) is 1.49.